The molecule has 1 N–H and O–H groups in total. The average Bonchev–Trinajstić information content (AvgIpc) is 3.54. The summed E-state index contributed by atoms with van der Waals surface area (Å²) in [5.74, 6) is 1.04. The van der Waals surface area contributed by atoms with Crippen LogP contribution in [0, 0.1) is 10.1 Å². The standard InChI is InChI=1S/C26H28N6O5/c1-3-36-23-11-10-19(14-24(23)37-4-2)12-13-27-25(33)18-30-17-22(32(34)35)26(29-30)20-15-28-31(16-20)21-8-6-5-7-9-21/h5-11,14-17H,3-4,12-13,18H2,1-2H3,(H,27,33). The van der Waals surface area contributed by atoms with E-state index in [4.69, 9.17) is 9.47 Å². The van der Waals surface area contributed by atoms with Gasteiger partial charge in [0.1, 0.15) is 12.7 Å². The van der Waals surface area contributed by atoms with Crippen LogP contribution in [0.3, 0.4) is 0 Å². The first-order chi connectivity index (χ1) is 18.0. The third-order valence-electron chi connectivity index (χ3n) is 5.47. The molecular weight excluding hydrogens is 476 g/mol. The summed E-state index contributed by atoms with van der Waals surface area (Å²) in [5, 5.41) is 23.1. The molecular formula is C26H28N6O5. The SMILES string of the molecule is CCOc1ccc(CCNC(=O)Cn2cc([N+](=O)[O-])c(-c3cnn(-c4ccccc4)c3)n2)cc1OCC. The number of hydrogen-bond acceptors (Lipinski definition) is 7. The Kier molecular flexibility index (Phi) is 8.14. The predicted molar refractivity (Wildman–Crippen MR) is 137 cm³/mol. The summed E-state index contributed by atoms with van der Waals surface area (Å²) < 4.78 is 14.1. The molecule has 11 nitrogen and oxygen atoms in total. The van der Waals surface area contributed by atoms with E-state index in [0.29, 0.717) is 43.2 Å². The lowest BCUT2D eigenvalue weighted by atomic mass is 10.1. The summed E-state index contributed by atoms with van der Waals surface area (Å²) in [6.07, 6.45) is 5.03. The minimum absolute atomic E-state index is 0.151. The molecule has 2 heterocycles. The summed E-state index contributed by atoms with van der Waals surface area (Å²) in [5.41, 5.74) is 2.24. The number of nitrogens with one attached hydrogen (secondary N) is 1. The van der Waals surface area contributed by atoms with Crippen LogP contribution in [-0.2, 0) is 17.8 Å². The summed E-state index contributed by atoms with van der Waals surface area (Å²) in [4.78, 5) is 23.7. The Morgan fingerprint density at radius 1 is 1.05 bits per heavy atom. The third kappa shape index (κ3) is 6.31. The van der Waals surface area contributed by atoms with Crippen LogP contribution in [-0.4, -0.2) is 50.1 Å². The van der Waals surface area contributed by atoms with E-state index < -0.39 is 4.92 Å². The van der Waals surface area contributed by atoms with Crippen LogP contribution in [0.5, 0.6) is 11.5 Å². The summed E-state index contributed by atoms with van der Waals surface area (Å²) in [6, 6.07) is 15.1. The van der Waals surface area contributed by atoms with E-state index >= 15 is 0 Å². The molecule has 37 heavy (non-hydrogen) atoms. The largest absolute Gasteiger partial charge is 0.490 e. The van der Waals surface area contributed by atoms with Crippen molar-refractivity contribution in [2.45, 2.75) is 26.8 Å². The Balaban J connectivity index is 1.39. The predicted octanol–water partition coefficient (Wildman–Crippen LogP) is 3.80. The molecule has 4 aromatic rings. The molecule has 0 aliphatic rings. The molecule has 4 rings (SSSR count). The maximum absolute atomic E-state index is 12.5. The number of hydrogen-bond donors (Lipinski definition) is 1. The number of benzene rings is 2. The fourth-order valence-electron chi connectivity index (χ4n) is 3.80. The van der Waals surface area contributed by atoms with E-state index in [1.54, 1.807) is 10.9 Å². The van der Waals surface area contributed by atoms with E-state index in [9.17, 15) is 14.9 Å². The number of nitrogens with zero attached hydrogens (tertiary/aromatic N) is 5. The number of rotatable bonds is 12. The van der Waals surface area contributed by atoms with Crippen LogP contribution < -0.4 is 14.8 Å². The second kappa shape index (κ2) is 11.8. The van der Waals surface area contributed by atoms with Crippen molar-refractivity contribution in [1.82, 2.24) is 24.9 Å². The van der Waals surface area contributed by atoms with E-state index in [1.165, 1.54) is 17.1 Å². The number of para-hydroxylation sites is 1. The molecule has 2 aromatic heterocycles. The van der Waals surface area contributed by atoms with Crippen LogP contribution in [0.4, 0.5) is 5.69 Å². The van der Waals surface area contributed by atoms with Crippen molar-refractivity contribution in [3.8, 4) is 28.4 Å². The maximum atomic E-state index is 12.5. The van der Waals surface area contributed by atoms with Gasteiger partial charge in [-0.1, -0.05) is 24.3 Å². The van der Waals surface area contributed by atoms with Gasteiger partial charge in [-0.05, 0) is 50.1 Å². The van der Waals surface area contributed by atoms with Gasteiger partial charge < -0.3 is 14.8 Å². The molecule has 0 saturated heterocycles. The zero-order valence-corrected chi connectivity index (χ0v) is 20.7. The molecule has 0 aliphatic carbocycles. The molecule has 0 aliphatic heterocycles. The highest BCUT2D eigenvalue weighted by molar-refractivity contribution is 5.76. The fourth-order valence-corrected chi connectivity index (χ4v) is 3.80. The van der Waals surface area contributed by atoms with Crippen molar-refractivity contribution >= 4 is 11.6 Å². The van der Waals surface area contributed by atoms with Gasteiger partial charge in [-0.3, -0.25) is 19.6 Å². The highest BCUT2D eigenvalue weighted by Crippen LogP contribution is 2.29. The van der Waals surface area contributed by atoms with Crippen molar-refractivity contribution in [3.05, 3.63) is 82.8 Å². The Morgan fingerprint density at radius 3 is 2.54 bits per heavy atom. The summed E-state index contributed by atoms with van der Waals surface area (Å²) >= 11 is 0. The molecule has 0 atom stereocenters. The average molecular weight is 505 g/mol. The molecule has 0 spiro atoms. The number of carbonyl (C=O) groups is 1. The van der Waals surface area contributed by atoms with Gasteiger partial charge in [0, 0.05) is 18.3 Å². The number of amides is 1. The Morgan fingerprint density at radius 2 is 1.81 bits per heavy atom. The van der Waals surface area contributed by atoms with E-state index in [-0.39, 0.29) is 23.8 Å². The zero-order chi connectivity index (χ0) is 26.2. The molecule has 11 heteroatoms. The molecule has 0 fully saturated rings. The highest BCUT2D eigenvalue weighted by atomic mass is 16.6. The van der Waals surface area contributed by atoms with Gasteiger partial charge >= 0.3 is 5.69 Å². The van der Waals surface area contributed by atoms with Gasteiger partial charge in [0.05, 0.1) is 30.0 Å². The molecule has 192 valence electrons. The molecule has 0 radical (unpaired) electrons. The zero-order valence-electron chi connectivity index (χ0n) is 20.7. The van der Waals surface area contributed by atoms with Crippen LogP contribution in [0.1, 0.15) is 19.4 Å². The topological polar surface area (TPSA) is 126 Å². The lowest BCUT2D eigenvalue weighted by molar-refractivity contribution is -0.384. The van der Waals surface area contributed by atoms with Crippen LogP contribution in [0.25, 0.3) is 16.9 Å². The number of carbonyl (C=O) groups excluding carboxylic acids is 1. The molecule has 0 bridgehead atoms. The molecule has 0 unspecified atom stereocenters. The smallest absolute Gasteiger partial charge is 0.315 e. The number of ether oxygens (including phenoxy) is 2. The Bertz CT molecular complexity index is 1370. The summed E-state index contributed by atoms with van der Waals surface area (Å²) in [7, 11) is 0. The van der Waals surface area contributed by atoms with Gasteiger partial charge in [-0.15, -0.1) is 0 Å². The summed E-state index contributed by atoms with van der Waals surface area (Å²) in [6.45, 7) is 5.11. The lowest BCUT2D eigenvalue weighted by Crippen LogP contribution is -2.29. The number of aromatic nitrogens is 4. The van der Waals surface area contributed by atoms with E-state index in [0.717, 1.165) is 11.3 Å². The minimum Gasteiger partial charge on any atom is -0.490 e. The molecule has 1 amide bonds. The normalized spacial score (nSPS) is 10.8. The monoisotopic (exact) mass is 504 g/mol. The maximum Gasteiger partial charge on any atom is 0.315 e. The second-order valence-corrected chi connectivity index (χ2v) is 8.07. The van der Waals surface area contributed by atoms with Crippen molar-refractivity contribution in [3.63, 3.8) is 0 Å². The Labute approximate surface area is 213 Å². The van der Waals surface area contributed by atoms with Crippen molar-refractivity contribution in [2.24, 2.45) is 0 Å². The van der Waals surface area contributed by atoms with E-state index in [1.807, 2.05) is 62.4 Å². The van der Waals surface area contributed by atoms with Crippen molar-refractivity contribution in [1.29, 1.82) is 0 Å². The van der Waals surface area contributed by atoms with Crippen molar-refractivity contribution in [2.75, 3.05) is 19.8 Å². The quantitative estimate of drug-likeness (QED) is 0.230. The van der Waals surface area contributed by atoms with Crippen LogP contribution >= 0.6 is 0 Å². The van der Waals surface area contributed by atoms with E-state index in [2.05, 4.69) is 15.5 Å². The second-order valence-electron chi connectivity index (χ2n) is 8.07. The molecule has 2 aromatic carbocycles. The highest BCUT2D eigenvalue weighted by Gasteiger charge is 2.23. The lowest BCUT2D eigenvalue weighted by Gasteiger charge is -2.12. The van der Waals surface area contributed by atoms with Gasteiger partial charge in [-0.25, -0.2) is 4.68 Å². The first-order valence-electron chi connectivity index (χ1n) is 12.0. The van der Waals surface area contributed by atoms with Gasteiger partial charge in [0.25, 0.3) is 0 Å². The van der Waals surface area contributed by atoms with Gasteiger partial charge in [-0.2, -0.15) is 10.2 Å². The minimum atomic E-state index is -0.515. The Hall–Kier alpha value is -4.67. The van der Waals surface area contributed by atoms with Gasteiger partial charge in [0.15, 0.2) is 17.2 Å². The van der Waals surface area contributed by atoms with Crippen LogP contribution in [0.2, 0.25) is 0 Å². The number of nitro groups is 1. The first kappa shape index (κ1) is 25.4. The fraction of sp³-hybridized carbons (Fsp3) is 0.269. The van der Waals surface area contributed by atoms with Crippen molar-refractivity contribution < 1.29 is 19.2 Å². The van der Waals surface area contributed by atoms with Crippen LogP contribution in [0.15, 0.2) is 67.1 Å². The third-order valence-corrected chi connectivity index (χ3v) is 5.47. The molecule has 0 saturated carbocycles. The van der Waals surface area contributed by atoms with Gasteiger partial charge in [0.2, 0.25) is 5.91 Å². The first-order valence-corrected chi connectivity index (χ1v) is 12.0.